The van der Waals surface area contributed by atoms with Gasteiger partial charge >= 0.3 is 0 Å². The molecule has 1 fully saturated rings. The Hall–Kier alpha value is -1.57. The first-order valence-corrected chi connectivity index (χ1v) is 7.41. The molecule has 0 bridgehead atoms. The topological polar surface area (TPSA) is 84.4 Å². The molecule has 0 aromatic carbocycles. The minimum Gasteiger partial charge on any atom is -0.490 e. The number of hydrogen-bond acceptors (Lipinski definition) is 7. The Balaban J connectivity index is 2.29. The molecule has 0 amide bonds. The quantitative estimate of drug-likeness (QED) is 0.813. The van der Waals surface area contributed by atoms with Gasteiger partial charge in [-0.25, -0.2) is 18.4 Å². The SMILES string of the molecule is CNc1ncnc(N2CCS(=O)(=O)CC2)c1OC. The maximum Gasteiger partial charge on any atom is 0.204 e. The molecular formula is C10H16N4O3S. The highest BCUT2D eigenvalue weighted by atomic mass is 32.2. The summed E-state index contributed by atoms with van der Waals surface area (Å²) in [6.07, 6.45) is 1.44. The van der Waals surface area contributed by atoms with Crippen LogP contribution < -0.4 is 15.0 Å². The molecule has 100 valence electrons. The number of nitrogens with zero attached hydrogens (tertiary/aromatic N) is 3. The largest absolute Gasteiger partial charge is 0.490 e. The number of nitrogens with one attached hydrogen (secondary N) is 1. The van der Waals surface area contributed by atoms with Crippen molar-refractivity contribution < 1.29 is 13.2 Å². The van der Waals surface area contributed by atoms with Crippen molar-refractivity contribution in [3.8, 4) is 5.75 Å². The third-order valence-electron chi connectivity index (χ3n) is 2.87. The van der Waals surface area contributed by atoms with Crippen LogP contribution in [0.3, 0.4) is 0 Å². The Morgan fingerprint density at radius 1 is 1.33 bits per heavy atom. The van der Waals surface area contributed by atoms with Gasteiger partial charge in [-0.05, 0) is 0 Å². The molecule has 8 heteroatoms. The maximum absolute atomic E-state index is 11.4. The summed E-state index contributed by atoms with van der Waals surface area (Å²) in [5, 5.41) is 2.92. The predicted molar refractivity (Wildman–Crippen MR) is 69.0 cm³/mol. The second-order valence-corrected chi connectivity index (χ2v) is 6.27. The summed E-state index contributed by atoms with van der Waals surface area (Å²) in [5.41, 5.74) is 0. The molecule has 0 unspecified atom stereocenters. The van der Waals surface area contributed by atoms with E-state index in [1.54, 1.807) is 14.2 Å². The third-order valence-corrected chi connectivity index (χ3v) is 4.48. The second kappa shape index (κ2) is 4.97. The van der Waals surface area contributed by atoms with E-state index in [-0.39, 0.29) is 11.5 Å². The Morgan fingerprint density at radius 2 is 2.00 bits per heavy atom. The van der Waals surface area contributed by atoms with E-state index in [0.29, 0.717) is 30.5 Å². The maximum atomic E-state index is 11.4. The van der Waals surface area contributed by atoms with Crippen molar-refractivity contribution in [3.05, 3.63) is 6.33 Å². The van der Waals surface area contributed by atoms with Crippen LogP contribution >= 0.6 is 0 Å². The van der Waals surface area contributed by atoms with E-state index in [4.69, 9.17) is 4.74 Å². The summed E-state index contributed by atoms with van der Waals surface area (Å²) in [5.74, 6) is 2.06. The lowest BCUT2D eigenvalue weighted by Crippen LogP contribution is -2.40. The molecule has 0 radical (unpaired) electrons. The van der Waals surface area contributed by atoms with E-state index in [2.05, 4.69) is 15.3 Å². The first kappa shape index (κ1) is 12.9. The zero-order chi connectivity index (χ0) is 13.2. The highest BCUT2D eigenvalue weighted by Crippen LogP contribution is 2.32. The molecule has 18 heavy (non-hydrogen) atoms. The summed E-state index contributed by atoms with van der Waals surface area (Å²) < 4.78 is 28.1. The van der Waals surface area contributed by atoms with Crippen molar-refractivity contribution in [2.75, 3.05) is 49.0 Å². The van der Waals surface area contributed by atoms with Crippen LogP contribution in [0.5, 0.6) is 5.75 Å². The fraction of sp³-hybridized carbons (Fsp3) is 0.600. The van der Waals surface area contributed by atoms with Crippen LogP contribution in [0.25, 0.3) is 0 Å². The Bertz CT molecular complexity index is 518. The van der Waals surface area contributed by atoms with Gasteiger partial charge in [-0.2, -0.15) is 0 Å². The predicted octanol–water partition coefficient (Wildman–Crippen LogP) is -0.238. The van der Waals surface area contributed by atoms with E-state index < -0.39 is 9.84 Å². The van der Waals surface area contributed by atoms with Gasteiger partial charge in [0, 0.05) is 20.1 Å². The zero-order valence-corrected chi connectivity index (χ0v) is 11.2. The summed E-state index contributed by atoms with van der Waals surface area (Å²) >= 11 is 0. The fourth-order valence-electron chi connectivity index (χ4n) is 1.88. The van der Waals surface area contributed by atoms with Crippen molar-refractivity contribution in [2.24, 2.45) is 0 Å². The minimum absolute atomic E-state index is 0.148. The van der Waals surface area contributed by atoms with Gasteiger partial charge < -0.3 is 15.0 Å². The molecule has 7 nitrogen and oxygen atoms in total. The van der Waals surface area contributed by atoms with E-state index in [1.165, 1.54) is 6.33 Å². The minimum atomic E-state index is -2.90. The van der Waals surface area contributed by atoms with Crippen LogP contribution in [0.1, 0.15) is 0 Å². The number of aromatic nitrogens is 2. The summed E-state index contributed by atoms with van der Waals surface area (Å²) in [6, 6.07) is 0. The van der Waals surface area contributed by atoms with Gasteiger partial charge in [-0.15, -0.1) is 0 Å². The molecule has 2 rings (SSSR count). The van der Waals surface area contributed by atoms with Crippen LogP contribution in [0.2, 0.25) is 0 Å². The molecule has 0 saturated carbocycles. The second-order valence-electron chi connectivity index (χ2n) is 3.97. The standard InChI is InChI=1S/C10H16N4O3S/c1-11-9-8(17-2)10(13-7-12-9)14-3-5-18(15,16)6-4-14/h7H,3-6H2,1-2H3,(H,11,12,13). The molecule has 0 spiro atoms. The molecule has 1 N–H and O–H groups in total. The van der Waals surface area contributed by atoms with Crippen LogP contribution in [0.15, 0.2) is 6.33 Å². The number of ether oxygens (including phenoxy) is 1. The van der Waals surface area contributed by atoms with Crippen LogP contribution in [0, 0.1) is 0 Å². The number of methoxy groups -OCH3 is 1. The molecule has 1 saturated heterocycles. The fourth-order valence-corrected chi connectivity index (χ4v) is 3.08. The Labute approximate surface area is 106 Å². The van der Waals surface area contributed by atoms with Gasteiger partial charge in [-0.3, -0.25) is 0 Å². The number of hydrogen-bond donors (Lipinski definition) is 1. The summed E-state index contributed by atoms with van der Waals surface area (Å²) in [4.78, 5) is 10.1. The monoisotopic (exact) mass is 272 g/mol. The normalized spacial score (nSPS) is 18.4. The van der Waals surface area contributed by atoms with E-state index in [1.807, 2.05) is 4.90 Å². The van der Waals surface area contributed by atoms with Crippen molar-refractivity contribution in [3.63, 3.8) is 0 Å². The first-order chi connectivity index (χ1) is 8.57. The smallest absolute Gasteiger partial charge is 0.204 e. The van der Waals surface area contributed by atoms with Crippen LogP contribution in [-0.4, -0.2) is 57.1 Å². The third kappa shape index (κ3) is 2.47. The zero-order valence-electron chi connectivity index (χ0n) is 10.4. The summed E-state index contributed by atoms with van der Waals surface area (Å²) in [6.45, 7) is 0.859. The molecule has 0 aliphatic carbocycles. The van der Waals surface area contributed by atoms with Crippen molar-refractivity contribution in [1.82, 2.24) is 9.97 Å². The highest BCUT2D eigenvalue weighted by molar-refractivity contribution is 7.91. The number of rotatable bonds is 3. The molecule has 1 aromatic rings. The van der Waals surface area contributed by atoms with Gasteiger partial charge in [0.05, 0.1) is 18.6 Å². The lowest BCUT2D eigenvalue weighted by Gasteiger charge is -2.28. The van der Waals surface area contributed by atoms with Gasteiger partial charge in [0.15, 0.2) is 21.5 Å². The average molecular weight is 272 g/mol. The molecule has 1 aromatic heterocycles. The molecule has 0 atom stereocenters. The lowest BCUT2D eigenvalue weighted by atomic mass is 10.4. The number of sulfone groups is 1. The van der Waals surface area contributed by atoms with Gasteiger partial charge in [0.2, 0.25) is 5.75 Å². The molecular weight excluding hydrogens is 256 g/mol. The van der Waals surface area contributed by atoms with Gasteiger partial charge in [-0.1, -0.05) is 0 Å². The summed E-state index contributed by atoms with van der Waals surface area (Å²) in [7, 11) is 0.390. The van der Waals surface area contributed by atoms with Crippen molar-refractivity contribution >= 4 is 21.5 Å². The number of anilines is 2. The van der Waals surface area contributed by atoms with Gasteiger partial charge in [0.1, 0.15) is 6.33 Å². The molecule has 2 heterocycles. The molecule has 1 aliphatic rings. The van der Waals surface area contributed by atoms with Crippen LogP contribution in [-0.2, 0) is 9.84 Å². The van der Waals surface area contributed by atoms with Crippen molar-refractivity contribution in [2.45, 2.75) is 0 Å². The first-order valence-electron chi connectivity index (χ1n) is 5.59. The van der Waals surface area contributed by atoms with E-state index in [0.717, 1.165) is 0 Å². The Morgan fingerprint density at radius 3 is 2.56 bits per heavy atom. The average Bonchev–Trinajstić information content (AvgIpc) is 2.37. The Kier molecular flexibility index (Phi) is 3.55. The van der Waals surface area contributed by atoms with E-state index in [9.17, 15) is 8.42 Å². The lowest BCUT2D eigenvalue weighted by molar-refractivity contribution is 0.412. The van der Waals surface area contributed by atoms with E-state index >= 15 is 0 Å². The van der Waals surface area contributed by atoms with Gasteiger partial charge in [0.25, 0.3) is 0 Å². The van der Waals surface area contributed by atoms with Crippen LogP contribution in [0.4, 0.5) is 11.6 Å². The van der Waals surface area contributed by atoms with Crippen molar-refractivity contribution in [1.29, 1.82) is 0 Å². The highest BCUT2D eigenvalue weighted by Gasteiger charge is 2.25. The molecule has 1 aliphatic heterocycles.